The summed E-state index contributed by atoms with van der Waals surface area (Å²) in [6.45, 7) is 2.71. The molecule has 0 spiro atoms. The van der Waals surface area contributed by atoms with Crippen molar-refractivity contribution in [1.82, 2.24) is 10.2 Å². The minimum atomic E-state index is -4.77. The van der Waals surface area contributed by atoms with E-state index in [4.69, 9.17) is 0 Å². The van der Waals surface area contributed by atoms with E-state index >= 15 is 0 Å². The molecule has 0 unspecified atom stereocenters. The summed E-state index contributed by atoms with van der Waals surface area (Å²) in [4.78, 5) is 2.04. The number of rotatable bonds is 4. The Kier molecular flexibility index (Phi) is 5.92. The van der Waals surface area contributed by atoms with Gasteiger partial charge in [0.25, 0.3) is 0 Å². The lowest BCUT2D eigenvalue weighted by Crippen LogP contribution is -2.45. The van der Waals surface area contributed by atoms with Gasteiger partial charge in [-0.15, -0.1) is 13.2 Å². The van der Waals surface area contributed by atoms with Crippen LogP contribution in [-0.2, 0) is 0 Å². The number of piperazine rings is 1. The second-order valence-electron chi connectivity index (χ2n) is 6.10. The molecule has 1 atom stereocenters. The van der Waals surface area contributed by atoms with Crippen LogP contribution in [-0.4, -0.2) is 42.5 Å². The zero-order valence-corrected chi connectivity index (χ0v) is 15.6. The number of nitrogens with zero attached hydrogens (tertiary/aromatic N) is 1. The third kappa shape index (κ3) is 4.72. The molecule has 1 aliphatic heterocycles. The molecule has 0 saturated carbocycles. The fourth-order valence-electron chi connectivity index (χ4n) is 3.15. The smallest absolute Gasteiger partial charge is 0.505 e. The number of alkyl halides is 3. The number of hydrogen-bond acceptors (Lipinski definition) is 4. The lowest BCUT2D eigenvalue weighted by atomic mass is 9.95. The van der Waals surface area contributed by atoms with E-state index in [1.807, 2.05) is 4.90 Å². The first-order valence-corrected chi connectivity index (χ1v) is 9.03. The van der Waals surface area contributed by atoms with Gasteiger partial charge in [0, 0.05) is 31.7 Å². The highest BCUT2D eigenvalue weighted by Gasteiger charge is 2.32. The molecule has 0 amide bonds. The molecule has 2 aromatic carbocycles. The first-order valence-electron chi connectivity index (χ1n) is 8.23. The topological polar surface area (TPSA) is 44.7 Å². The van der Waals surface area contributed by atoms with Crippen molar-refractivity contribution >= 4 is 15.9 Å². The average Bonchev–Trinajstić information content (AvgIpc) is 2.63. The normalized spacial score (nSPS) is 16.9. The summed E-state index contributed by atoms with van der Waals surface area (Å²) in [6.07, 6.45) is -4.77. The summed E-state index contributed by atoms with van der Waals surface area (Å²) in [7, 11) is 0. The Morgan fingerprint density at radius 2 is 1.70 bits per heavy atom. The Hall–Kier alpha value is -1.84. The van der Waals surface area contributed by atoms with Gasteiger partial charge in [0.05, 0.1) is 10.5 Å². The van der Waals surface area contributed by atoms with Gasteiger partial charge in [-0.2, -0.15) is 0 Å². The van der Waals surface area contributed by atoms with Crippen molar-refractivity contribution in [2.24, 2.45) is 0 Å². The maximum absolute atomic E-state index is 14.2. The quantitative estimate of drug-likeness (QED) is 0.688. The van der Waals surface area contributed by atoms with Crippen LogP contribution in [0.5, 0.6) is 11.5 Å². The first-order chi connectivity index (χ1) is 12.8. The minimum absolute atomic E-state index is 0.136. The maximum atomic E-state index is 14.2. The summed E-state index contributed by atoms with van der Waals surface area (Å²) in [5.74, 6) is -1.59. The lowest BCUT2D eigenvalue weighted by molar-refractivity contribution is -0.274. The second kappa shape index (κ2) is 8.04. The molecule has 0 bridgehead atoms. The number of phenols is 1. The van der Waals surface area contributed by atoms with Crippen molar-refractivity contribution in [1.29, 1.82) is 0 Å². The number of nitrogens with one attached hydrogen (secondary N) is 1. The molecule has 27 heavy (non-hydrogen) atoms. The highest BCUT2D eigenvalue weighted by Crippen LogP contribution is 2.38. The van der Waals surface area contributed by atoms with E-state index in [0.29, 0.717) is 37.3 Å². The molecule has 0 radical (unpaired) electrons. The van der Waals surface area contributed by atoms with Crippen LogP contribution in [0.2, 0.25) is 0 Å². The summed E-state index contributed by atoms with van der Waals surface area (Å²) in [5.41, 5.74) is 0.977. The zero-order valence-electron chi connectivity index (χ0n) is 14.1. The molecule has 2 aromatic rings. The van der Waals surface area contributed by atoms with Crippen molar-refractivity contribution in [3.63, 3.8) is 0 Å². The van der Waals surface area contributed by atoms with E-state index in [1.54, 1.807) is 6.07 Å². The van der Waals surface area contributed by atoms with Gasteiger partial charge in [-0.3, -0.25) is 4.90 Å². The predicted octanol–water partition coefficient (Wildman–Crippen LogP) is 4.19. The Balaban J connectivity index is 1.99. The van der Waals surface area contributed by atoms with E-state index < -0.39 is 24.0 Å². The Labute approximate surface area is 161 Å². The molecule has 1 heterocycles. The van der Waals surface area contributed by atoms with Gasteiger partial charge in [-0.1, -0.05) is 18.2 Å². The number of phenolic OH excluding ortho intramolecular Hbond substituents is 1. The second-order valence-corrected chi connectivity index (χ2v) is 6.96. The Bertz CT molecular complexity index is 793. The van der Waals surface area contributed by atoms with Crippen LogP contribution >= 0.6 is 15.9 Å². The number of ether oxygens (including phenoxy) is 1. The predicted molar refractivity (Wildman–Crippen MR) is 95.2 cm³/mol. The van der Waals surface area contributed by atoms with E-state index in [9.17, 15) is 22.7 Å². The van der Waals surface area contributed by atoms with Gasteiger partial charge >= 0.3 is 6.36 Å². The van der Waals surface area contributed by atoms with Crippen molar-refractivity contribution < 1.29 is 27.4 Å². The van der Waals surface area contributed by atoms with E-state index in [0.717, 1.165) is 0 Å². The minimum Gasteiger partial charge on any atom is -0.505 e. The standard InChI is InChI=1S/C18H17BrF4N2O2/c19-14-6-5-13(17(26)15(14)20)16(25-9-7-24-8-10-25)11-1-3-12(4-2-11)27-18(21,22)23/h1-6,16,24,26H,7-10H2/t16-/m0/s1. The van der Waals surface area contributed by atoms with Gasteiger partial charge in [0.2, 0.25) is 0 Å². The van der Waals surface area contributed by atoms with Gasteiger partial charge in [0.1, 0.15) is 5.75 Å². The highest BCUT2D eigenvalue weighted by molar-refractivity contribution is 9.10. The van der Waals surface area contributed by atoms with Crippen LogP contribution in [0, 0.1) is 5.82 Å². The SMILES string of the molecule is Oc1c([C@H](c2ccc(OC(F)(F)F)cc2)N2CCNCC2)ccc(Br)c1F. The number of halogens is 5. The third-order valence-electron chi connectivity index (χ3n) is 4.34. The molecule has 1 saturated heterocycles. The fraction of sp³-hybridized carbons (Fsp3) is 0.333. The molecule has 0 aromatic heterocycles. The van der Waals surface area contributed by atoms with Crippen LogP contribution < -0.4 is 10.1 Å². The van der Waals surface area contributed by atoms with Crippen LogP contribution in [0.4, 0.5) is 17.6 Å². The summed E-state index contributed by atoms with van der Waals surface area (Å²) in [6, 6.07) is 8.01. The van der Waals surface area contributed by atoms with Gasteiger partial charge in [0.15, 0.2) is 11.6 Å². The average molecular weight is 449 g/mol. The highest BCUT2D eigenvalue weighted by atomic mass is 79.9. The van der Waals surface area contributed by atoms with E-state index in [1.165, 1.54) is 30.3 Å². The molecule has 0 aliphatic carbocycles. The summed E-state index contributed by atoms with van der Waals surface area (Å²) >= 11 is 3.04. The first kappa shape index (κ1) is 19.9. The van der Waals surface area contributed by atoms with Crippen LogP contribution in [0.3, 0.4) is 0 Å². The largest absolute Gasteiger partial charge is 0.573 e. The number of aromatic hydroxyl groups is 1. The lowest BCUT2D eigenvalue weighted by Gasteiger charge is -2.36. The van der Waals surface area contributed by atoms with Crippen molar-refractivity contribution in [2.45, 2.75) is 12.4 Å². The van der Waals surface area contributed by atoms with E-state index in [2.05, 4.69) is 26.0 Å². The van der Waals surface area contributed by atoms with Crippen molar-refractivity contribution in [3.8, 4) is 11.5 Å². The van der Waals surface area contributed by atoms with Crippen LogP contribution in [0.15, 0.2) is 40.9 Å². The third-order valence-corrected chi connectivity index (χ3v) is 4.95. The maximum Gasteiger partial charge on any atom is 0.573 e. The molecule has 3 rings (SSSR count). The van der Waals surface area contributed by atoms with Gasteiger partial charge < -0.3 is 15.2 Å². The number of hydrogen-bond donors (Lipinski definition) is 2. The molecular formula is C18H17BrF4N2O2. The van der Waals surface area contributed by atoms with Crippen molar-refractivity contribution in [2.75, 3.05) is 26.2 Å². The van der Waals surface area contributed by atoms with Crippen LogP contribution in [0.1, 0.15) is 17.2 Å². The van der Waals surface area contributed by atoms with Gasteiger partial charge in [-0.25, -0.2) is 4.39 Å². The monoisotopic (exact) mass is 448 g/mol. The Morgan fingerprint density at radius 3 is 2.30 bits per heavy atom. The van der Waals surface area contributed by atoms with E-state index in [-0.39, 0.29) is 10.2 Å². The molecule has 2 N–H and O–H groups in total. The zero-order chi connectivity index (χ0) is 19.6. The van der Waals surface area contributed by atoms with Crippen LogP contribution in [0.25, 0.3) is 0 Å². The Morgan fingerprint density at radius 1 is 1.07 bits per heavy atom. The molecular weight excluding hydrogens is 432 g/mol. The molecule has 4 nitrogen and oxygen atoms in total. The van der Waals surface area contributed by atoms with Crippen molar-refractivity contribution in [3.05, 3.63) is 57.8 Å². The fourth-order valence-corrected chi connectivity index (χ4v) is 3.47. The van der Waals surface area contributed by atoms with Gasteiger partial charge in [-0.05, 0) is 39.7 Å². The molecule has 1 aliphatic rings. The number of benzene rings is 2. The molecule has 1 fully saturated rings. The summed E-state index contributed by atoms with van der Waals surface area (Å²) in [5, 5.41) is 13.5. The molecule has 146 valence electrons. The summed E-state index contributed by atoms with van der Waals surface area (Å²) < 4.78 is 55.4. The molecule has 9 heteroatoms.